The van der Waals surface area contributed by atoms with E-state index in [-0.39, 0.29) is 5.92 Å². The van der Waals surface area contributed by atoms with Gasteiger partial charge in [-0.3, -0.25) is 4.79 Å². The van der Waals surface area contributed by atoms with Gasteiger partial charge in [0.15, 0.2) is 5.78 Å². The first-order valence-electron chi connectivity index (χ1n) is 4.62. The molecule has 0 radical (unpaired) electrons. The number of hydrogen-bond donors (Lipinski definition) is 0. The molecule has 1 rings (SSSR count). The van der Waals surface area contributed by atoms with E-state index < -0.39 is 0 Å². The maximum absolute atomic E-state index is 11.3. The van der Waals surface area contributed by atoms with Crippen molar-refractivity contribution in [1.29, 1.82) is 0 Å². The van der Waals surface area contributed by atoms with Crippen LogP contribution < -0.4 is 0 Å². The van der Waals surface area contributed by atoms with E-state index >= 15 is 0 Å². The second-order valence-electron chi connectivity index (χ2n) is 3.34. The topological polar surface area (TPSA) is 17.1 Å². The van der Waals surface area contributed by atoms with Crippen LogP contribution in [0.3, 0.4) is 0 Å². The van der Waals surface area contributed by atoms with Gasteiger partial charge in [-0.1, -0.05) is 32.1 Å². The summed E-state index contributed by atoms with van der Waals surface area (Å²) in [5.41, 5.74) is 0. The molecule has 0 heterocycles. The smallest absolute Gasteiger partial charge is 0.159 e. The third-order valence-electron chi connectivity index (χ3n) is 2.36. The molecule has 66 valence electrons. The van der Waals surface area contributed by atoms with Gasteiger partial charge in [0.2, 0.25) is 0 Å². The molecule has 1 aliphatic rings. The molecule has 12 heavy (non-hydrogen) atoms. The molecule has 0 unspecified atom stereocenters. The Hall–Kier alpha value is -0.850. The molecule has 0 N–H and O–H groups in total. The second kappa shape index (κ2) is 4.24. The van der Waals surface area contributed by atoms with Crippen LogP contribution in [0.25, 0.3) is 0 Å². The van der Waals surface area contributed by atoms with Gasteiger partial charge in [-0.25, -0.2) is 0 Å². The summed E-state index contributed by atoms with van der Waals surface area (Å²) in [7, 11) is 0. The van der Waals surface area contributed by atoms with E-state index in [4.69, 9.17) is 0 Å². The van der Waals surface area contributed by atoms with Crippen molar-refractivity contribution < 1.29 is 4.79 Å². The zero-order chi connectivity index (χ0) is 8.97. The third-order valence-corrected chi connectivity index (χ3v) is 2.36. The summed E-state index contributed by atoms with van der Waals surface area (Å²) in [6, 6.07) is 0. The predicted molar refractivity (Wildman–Crippen MR) is 50.8 cm³/mol. The fourth-order valence-electron chi connectivity index (χ4n) is 1.50. The quantitative estimate of drug-likeness (QED) is 0.586. The monoisotopic (exact) mass is 164 g/mol. The van der Waals surface area contributed by atoms with Crippen LogP contribution in [-0.4, -0.2) is 5.78 Å². The average Bonchev–Trinajstić information content (AvgIpc) is 2.35. The molecule has 0 amide bonds. The Labute approximate surface area is 74.2 Å². The predicted octanol–water partition coefficient (Wildman–Crippen LogP) is 2.73. The van der Waals surface area contributed by atoms with Gasteiger partial charge in [0.05, 0.1) is 0 Å². The van der Waals surface area contributed by atoms with Crippen molar-refractivity contribution in [1.82, 2.24) is 0 Å². The van der Waals surface area contributed by atoms with Crippen molar-refractivity contribution in [3.63, 3.8) is 0 Å². The van der Waals surface area contributed by atoms with Gasteiger partial charge < -0.3 is 0 Å². The maximum Gasteiger partial charge on any atom is 0.159 e. The van der Waals surface area contributed by atoms with Crippen LogP contribution in [0, 0.1) is 11.8 Å². The standard InChI is InChI=1S/C11H16O/c1-3-4-5-6-10-9(2)7-8-11(10)12/h4-5,7-10H,3,6H2,1-2H3/b5-4+/t9-,10-/m1/s1. The van der Waals surface area contributed by atoms with Crippen LogP contribution in [0.5, 0.6) is 0 Å². The summed E-state index contributed by atoms with van der Waals surface area (Å²) in [4.78, 5) is 11.3. The zero-order valence-corrected chi connectivity index (χ0v) is 7.79. The van der Waals surface area contributed by atoms with Crippen molar-refractivity contribution in [2.24, 2.45) is 11.8 Å². The molecule has 2 atom stereocenters. The first-order valence-corrected chi connectivity index (χ1v) is 4.62. The lowest BCUT2D eigenvalue weighted by atomic mass is 9.93. The molecule has 1 heteroatoms. The summed E-state index contributed by atoms with van der Waals surface area (Å²) in [6.07, 6.45) is 9.93. The van der Waals surface area contributed by atoms with E-state index in [1.165, 1.54) is 0 Å². The molecule has 0 bridgehead atoms. The van der Waals surface area contributed by atoms with Gasteiger partial charge in [0, 0.05) is 5.92 Å². The van der Waals surface area contributed by atoms with Gasteiger partial charge in [0.25, 0.3) is 0 Å². The normalized spacial score (nSPS) is 29.0. The van der Waals surface area contributed by atoms with Gasteiger partial charge in [-0.05, 0) is 24.8 Å². The molecular formula is C11H16O. The van der Waals surface area contributed by atoms with Crippen LogP contribution in [0.1, 0.15) is 26.7 Å². The highest BCUT2D eigenvalue weighted by atomic mass is 16.1. The Morgan fingerprint density at radius 3 is 2.75 bits per heavy atom. The number of hydrogen-bond acceptors (Lipinski definition) is 1. The van der Waals surface area contributed by atoms with Crippen LogP contribution in [0.2, 0.25) is 0 Å². The Morgan fingerprint density at radius 1 is 1.50 bits per heavy atom. The SMILES string of the molecule is CC/C=C/C[C@H]1C(=O)C=C[C@H]1C. The summed E-state index contributed by atoms with van der Waals surface area (Å²) in [6.45, 7) is 4.21. The Kier molecular flexibility index (Phi) is 3.27. The fraction of sp³-hybridized carbons (Fsp3) is 0.545. The van der Waals surface area contributed by atoms with Gasteiger partial charge in [-0.2, -0.15) is 0 Å². The summed E-state index contributed by atoms with van der Waals surface area (Å²) >= 11 is 0. The molecule has 0 fully saturated rings. The molecule has 1 aliphatic carbocycles. The maximum atomic E-state index is 11.3. The summed E-state index contributed by atoms with van der Waals surface area (Å²) in [5.74, 6) is 0.940. The molecule has 0 aliphatic heterocycles. The summed E-state index contributed by atoms with van der Waals surface area (Å²) < 4.78 is 0. The van der Waals surface area contributed by atoms with Crippen molar-refractivity contribution in [2.45, 2.75) is 26.7 Å². The largest absolute Gasteiger partial charge is 0.295 e. The van der Waals surface area contributed by atoms with E-state index in [0.29, 0.717) is 11.7 Å². The minimum atomic E-state index is 0.216. The molecule has 0 aromatic rings. The first-order chi connectivity index (χ1) is 5.75. The molecule has 0 saturated carbocycles. The fourth-order valence-corrected chi connectivity index (χ4v) is 1.50. The third kappa shape index (κ3) is 2.07. The summed E-state index contributed by atoms with van der Waals surface area (Å²) in [5, 5.41) is 0. The zero-order valence-electron chi connectivity index (χ0n) is 7.79. The highest BCUT2D eigenvalue weighted by Crippen LogP contribution is 2.24. The molecule has 1 nitrogen and oxygen atoms in total. The number of carbonyl (C=O) groups excluding carboxylic acids is 1. The number of ketones is 1. The Balaban J connectivity index is 2.42. The van der Waals surface area contributed by atoms with Crippen molar-refractivity contribution in [3.05, 3.63) is 24.3 Å². The average molecular weight is 164 g/mol. The number of rotatable bonds is 3. The molecule has 0 saturated heterocycles. The van der Waals surface area contributed by atoms with Gasteiger partial charge in [0.1, 0.15) is 0 Å². The van der Waals surface area contributed by atoms with E-state index in [1.807, 2.05) is 6.08 Å². The van der Waals surface area contributed by atoms with E-state index in [9.17, 15) is 4.79 Å². The highest BCUT2D eigenvalue weighted by molar-refractivity contribution is 5.94. The highest BCUT2D eigenvalue weighted by Gasteiger charge is 2.24. The Morgan fingerprint density at radius 2 is 2.25 bits per heavy atom. The molecular weight excluding hydrogens is 148 g/mol. The minimum Gasteiger partial charge on any atom is -0.295 e. The van der Waals surface area contributed by atoms with Gasteiger partial charge in [-0.15, -0.1) is 0 Å². The van der Waals surface area contributed by atoms with Crippen molar-refractivity contribution in [2.75, 3.05) is 0 Å². The first kappa shape index (κ1) is 9.24. The molecule has 0 aromatic heterocycles. The number of allylic oxidation sites excluding steroid dienone is 4. The van der Waals surface area contributed by atoms with Crippen LogP contribution in [0.15, 0.2) is 24.3 Å². The van der Waals surface area contributed by atoms with E-state index in [1.54, 1.807) is 6.08 Å². The minimum absolute atomic E-state index is 0.216. The molecule has 0 spiro atoms. The van der Waals surface area contributed by atoms with Gasteiger partial charge >= 0.3 is 0 Å². The lowest BCUT2D eigenvalue weighted by Crippen LogP contribution is -2.12. The Bertz CT molecular complexity index is 213. The van der Waals surface area contributed by atoms with Crippen molar-refractivity contribution in [3.8, 4) is 0 Å². The molecule has 0 aromatic carbocycles. The van der Waals surface area contributed by atoms with E-state index in [0.717, 1.165) is 12.8 Å². The van der Waals surface area contributed by atoms with Crippen LogP contribution >= 0.6 is 0 Å². The lowest BCUT2D eigenvalue weighted by molar-refractivity contribution is -0.118. The lowest BCUT2D eigenvalue weighted by Gasteiger charge is -2.10. The van der Waals surface area contributed by atoms with E-state index in [2.05, 4.69) is 26.0 Å². The second-order valence-corrected chi connectivity index (χ2v) is 3.34. The number of carbonyl (C=O) groups is 1. The van der Waals surface area contributed by atoms with Crippen LogP contribution in [0.4, 0.5) is 0 Å². The van der Waals surface area contributed by atoms with Crippen molar-refractivity contribution >= 4 is 5.78 Å². The van der Waals surface area contributed by atoms with Crippen LogP contribution in [-0.2, 0) is 4.79 Å².